The summed E-state index contributed by atoms with van der Waals surface area (Å²) in [6.07, 6.45) is 6.60. The monoisotopic (exact) mass is 360 g/mol. The molecule has 2 aliphatic heterocycles. The molecule has 0 saturated carbocycles. The lowest BCUT2D eigenvalue weighted by atomic mass is 9.75. The van der Waals surface area contributed by atoms with Gasteiger partial charge >= 0.3 is 0 Å². The van der Waals surface area contributed by atoms with E-state index in [2.05, 4.69) is 33.0 Å². The predicted molar refractivity (Wildman–Crippen MR) is 107 cm³/mol. The summed E-state index contributed by atoms with van der Waals surface area (Å²) in [7, 11) is 0. The van der Waals surface area contributed by atoms with E-state index < -0.39 is 5.41 Å². The summed E-state index contributed by atoms with van der Waals surface area (Å²) in [4.78, 5) is 9.80. The lowest BCUT2D eigenvalue weighted by Gasteiger charge is -2.44. The largest absolute Gasteiger partial charge is 0.300 e. The molecule has 2 unspecified atom stereocenters. The molecule has 0 bridgehead atoms. The second-order valence-corrected chi connectivity index (χ2v) is 7.83. The average Bonchev–Trinajstić information content (AvgIpc) is 2.76. The van der Waals surface area contributed by atoms with E-state index in [-0.39, 0.29) is 0 Å². The molecule has 0 amide bonds. The van der Waals surface area contributed by atoms with Crippen molar-refractivity contribution in [1.82, 2.24) is 14.8 Å². The topological polar surface area (TPSA) is 43.2 Å². The van der Waals surface area contributed by atoms with Crippen LogP contribution in [0, 0.1) is 11.3 Å². The third-order valence-corrected chi connectivity index (χ3v) is 6.28. The highest BCUT2D eigenvalue weighted by atomic mass is 15.3. The number of nitrogens with zero attached hydrogens (tertiary/aromatic N) is 4. The standard InChI is InChI=1S/C23H28N4/c24-19-23(20-8-2-1-3-9-20,22-11-4-6-13-25-22)12-15-26-16-17-27-14-7-5-10-21(27)18-26/h1-4,6,8-9,11,13,21H,5,7,10,12,14-18H2. The number of rotatable bonds is 5. The van der Waals surface area contributed by atoms with E-state index in [4.69, 9.17) is 0 Å². The fourth-order valence-electron chi connectivity index (χ4n) is 4.69. The van der Waals surface area contributed by atoms with Gasteiger partial charge < -0.3 is 4.90 Å². The second kappa shape index (κ2) is 8.21. The van der Waals surface area contributed by atoms with Gasteiger partial charge in [0.1, 0.15) is 5.41 Å². The molecule has 2 fully saturated rings. The van der Waals surface area contributed by atoms with E-state index in [1.54, 1.807) is 6.20 Å². The molecule has 4 nitrogen and oxygen atoms in total. The minimum atomic E-state index is -0.688. The Hall–Kier alpha value is -2.22. The fraction of sp³-hybridized carbons (Fsp3) is 0.478. The summed E-state index contributed by atoms with van der Waals surface area (Å²) in [5.74, 6) is 0. The number of piperidine rings is 1. The van der Waals surface area contributed by atoms with Gasteiger partial charge in [0.05, 0.1) is 11.8 Å². The Morgan fingerprint density at radius 1 is 1.04 bits per heavy atom. The quantitative estimate of drug-likeness (QED) is 0.819. The second-order valence-electron chi connectivity index (χ2n) is 7.83. The maximum atomic E-state index is 10.3. The van der Waals surface area contributed by atoms with Crippen LogP contribution in [0.1, 0.15) is 36.9 Å². The first-order chi connectivity index (χ1) is 13.3. The molecule has 4 heteroatoms. The van der Waals surface area contributed by atoms with Gasteiger partial charge in [0.2, 0.25) is 0 Å². The molecule has 2 aromatic rings. The van der Waals surface area contributed by atoms with Gasteiger partial charge in [-0.3, -0.25) is 9.88 Å². The van der Waals surface area contributed by atoms with Gasteiger partial charge in [-0.2, -0.15) is 5.26 Å². The van der Waals surface area contributed by atoms with Crippen molar-refractivity contribution >= 4 is 0 Å². The number of aromatic nitrogens is 1. The van der Waals surface area contributed by atoms with Crippen LogP contribution in [0.15, 0.2) is 54.7 Å². The Morgan fingerprint density at radius 2 is 1.89 bits per heavy atom. The van der Waals surface area contributed by atoms with Gasteiger partial charge in [0, 0.05) is 38.4 Å². The van der Waals surface area contributed by atoms with Crippen molar-refractivity contribution in [2.45, 2.75) is 37.1 Å². The van der Waals surface area contributed by atoms with Gasteiger partial charge in [0.25, 0.3) is 0 Å². The third kappa shape index (κ3) is 3.76. The number of fused-ring (bicyclic) bond motifs is 1. The molecular formula is C23H28N4. The molecule has 0 aliphatic carbocycles. The highest BCUT2D eigenvalue weighted by Crippen LogP contribution is 2.34. The number of nitriles is 1. The van der Waals surface area contributed by atoms with E-state index >= 15 is 0 Å². The van der Waals surface area contributed by atoms with Gasteiger partial charge in [-0.05, 0) is 43.5 Å². The van der Waals surface area contributed by atoms with Gasteiger partial charge in [-0.25, -0.2) is 0 Å². The molecule has 2 aliphatic rings. The number of pyridine rings is 1. The number of hydrogen-bond donors (Lipinski definition) is 0. The third-order valence-electron chi connectivity index (χ3n) is 6.28. The maximum Gasteiger partial charge on any atom is 0.125 e. The van der Waals surface area contributed by atoms with Gasteiger partial charge in [0.15, 0.2) is 0 Å². The first kappa shape index (κ1) is 18.2. The van der Waals surface area contributed by atoms with Crippen LogP contribution in [-0.4, -0.2) is 53.5 Å². The SMILES string of the molecule is N#CC(CCN1CCN2CCCCC2C1)(c1ccccc1)c1ccccn1. The van der Waals surface area contributed by atoms with Crippen LogP contribution < -0.4 is 0 Å². The molecule has 1 aromatic carbocycles. The molecule has 3 heterocycles. The Labute approximate surface area is 162 Å². The zero-order valence-corrected chi connectivity index (χ0v) is 15.9. The van der Waals surface area contributed by atoms with E-state index in [1.807, 2.05) is 36.4 Å². The molecule has 0 N–H and O–H groups in total. The zero-order valence-electron chi connectivity index (χ0n) is 15.9. The summed E-state index contributed by atoms with van der Waals surface area (Å²) >= 11 is 0. The summed E-state index contributed by atoms with van der Waals surface area (Å²) in [5, 5.41) is 10.3. The van der Waals surface area contributed by atoms with Crippen molar-refractivity contribution in [2.75, 3.05) is 32.7 Å². The Balaban J connectivity index is 1.54. The van der Waals surface area contributed by atoms with Crippen LogP contribution in [0.3, 0.4) is 0 Å². The van der Waals surface area contributed by atoms with Crippen molar-refractivity contribution in [3.8, 4) is 6.07 Å². The first-order valence-corrected chi connectivity index (χ1v) is 10.2. The smallest absolute Gasteiger partial charge is 0.125 e. The van der Waals surface area contributed by atoms with Crippen molar-refractivity contribution in [3.05, 3.63) is 66.0 Å². The van der Waals surface area contributed by atoms with Crippen LogP contribution >= 0.6 is 0 Å². The molecular weight excluding hydrogens is 332 g/mol. The number of hydrogen-bond acceptors (Lipinski definition) is 4. The van der Waals surface area contributed by atoms with Crippen molar-refractivity contribution in [2.24, 2.45) is 0 Å². The van der Waals surface area contributed by atoms with Crippen LogP contribution in [0.2, 0.25) is 0 Å². The van der Waals surface area contributed by atoms with E-state index in [0.717, 1.165) is 37.3 Å². The first-order valence-electron chi connectivity index (χ1n) is 10.2. The average molecular weight is 361 g/mol. The lowest BCUT2D eigenvalue weighted by molar-refractivity contribution is 0.0474. The van der Waals surface area contributed by atoms with Crippen molar-refractivity contribution in [3.63, 3.8) is 0 Å². The van der Waals surface area contributed by atoms with Crippen LogP contribution in [0.5, 0.6) is 0 Å². The van der Waals surface area contributed by atoms with Gasteiger partial charge in [-0.15, -0.1) is 0 Å². The minimum Gasteiger partial charge on any atom is -0.300 e. The lowest BCUT2D eigenvalue weighted by Crippen LogP contribution is -2.55. The fourth-order valence-corrected chi connectivity index (χ4v) is 4.69. The summed E-state index contributed by atoms with van der Waals surface area (Å²) in [6.45, 7) is 5.61. The number of benzene rings is 1. The molecule has 4 rings (SSSR count). The highest BCUT2D eigenvalue weighted by molar-refractivity contribution is 5.42. The molecule has 1 aromatic heterocycles. The van der Waals surface area contributed by atoms with Crippen LogP contribution in [-0.2, 0) is 5.41 Å². The van der Waals surface area contributed by atoms with E-state index in [1.165, 1.54) is 32.4 Å². The van der Waals surface area contributed by atoms with E-state index in [9.17, 15) is 5.26 Å². The minimum absolute atomic E-state index is 0.688. The Morgan fingerprint density at radius 3 is 2.67 bits per heavy atom. The van der Waals surface area contributed by atoms with E-state index in [0.29, 0.717) is 6.04 Å². The molecule has 27 heavy (non-hydrogen) atoms. The Kier molecular flexibility index (Phi) is 5.52. The van der Waals surface area contributed by atoms with Gasteiger partial charge in [-0.1, -0.05) is 42.8 Å². The highest BCUT2D eigenvalue weighted by Gasteiger charge is 2.37. The Bertz CT molecular complexity index is 728. The van der Waals surface area contributed by atoms with Crippen LogP contribution in [0.25, 0.3) is 0 Å². The predicted octanol–water partition coefficient (Wildman–Crippen LogP) is 3.45. The zero-order chi connectivity index (χ0) is 18.5. The molecule has 2 saturated heterocycles. The molecule has 140 valence electrons. The molecule has 0 radical (unpaired) electrons. The summed E-state index contributed by atoms with van der Waals surface area (Å²) in [5.41, 5.74) is 1.21. The van der Waals surface area contributed by atoms with Crippen molar-refractivity contribution in [1.29, 1.82) is 5.26 Å². The maximum absolute atomic E-state index is 10.3. The van der Waals surface area contributed by atoms with Crippen LogP contribution in [0.4, 0.5) is 0 Å². The molecule has 0 spiro atoms. The summed E-state index contributed by atoms with van der Waals surface area (Å²) in [6, 6.07) is 19.4. The normalized spacial score (nSPS) is 23.1. The number of piperazine rings is 1. The summed E-state index contributed by atoms with van der Waals surface area (Å²) < 4.78 is 0. The molecule has 2 atom stereocenters. The van der Waals surface area contributed by atoms with Crippen molar-refractivity contribution < 1.29 is 0 Å².